The van der Waals surface area contributed by atoms with Gasteiger partial charge in [-0.3, -0.25) is 9.59 Å². The predicted molar refractivity (Wildman–Crippen MR) is 128 cm³/mol. The Balaban J connectivity index is 1.75. The van der Waals surface area contributed by atoms with Crippen molar-refractivity contribution in [1.29, 1.82) is 0 Å². The number of hydrogen-bond acceptors (Lipinski definition) is 7. The molecule has 0 saturated heterocycles. The number of methoxy groups -OCH3 is 1. The summed E-state index contributed by atoms with van der Waals surface area (Å²) in [4.78, 5) is 27.7. The quantitative estimate of drug-likeness (QED) is 0.433. The Labute approximate surface area is 205 Å². The zero-order valence-corrected chi connectivity index (χ0v) is 20.4. The molecule has 0 spiro atoms. The van der Waals surface area contributed by atoms with E-state index < -0.39 is 30.1 Å². The van der Waals surface area contributed by atoms with Crippen LogP contribution in [-0.2, 0) is 16.2 Å². The third-order valence-electron chi connectivity index (χ3n) is 7.44. The molecule has 35 heavy (non-hydrogen) atoms. The lowest BCUT2D eigenvalue weighted by Crippen LogP contribution is -2.56. The minimum absolute atomic E-state index is 0.0764. The number of aliphatic hydroxyl groups excluding tert-OH is 3. The highest BCUT2D eigenvalue weighted by atomic mass is 16.5. The average Bonchev–Trinajstić information content (AvgIpc) is 3.26. The van der Waals surface area contributed by atoms with E-state index in [2.05, 4.69) is 5.32 Å². The first kappa shape index (κ1) is 25.5. The Morgan fingerprint density at radius 1 is 1.20 bits per heavy atom. The van der Waals surface area contributed by atoms with Crippen LogP contribution >= 0.6 is 0 Å². The van der Waals surface area contributed by atoms with Crippen molar-refractivity contribution < 1.29 is 34.4 Å². The van der Waals surface area contributed by atoms with E-state index in [1.807, 2.05) is 0 Å². The van der Waals surface area contributed by atoms with Gasteiger partial charge in [-0.25, -0.2) is 0 Å². The molecule has 1 aromatic rings. The van der Waals surface area contributed by atoms with E-state index in [-0.39, 0.29) is 25.7 Å². The molecule has 0 radical (unpaired) electrons. The molecule has 4 rings (SSSR count). The normalized spacial score (nSPS) is 25.7. The number of nitrogens with one attached hydrogen (secondary N) is 1. The van der Waals surface area contributed by atoms with Gasteiger partial charge in [0.2, 0.25) is 11.8 Å². The topological polar surface area (TPSA) is 129 Å². The first-order valence-corrected chi connectivity index (χ1v) is 12.4. The van der Waals surface area contributed by atoms with Crippen LogP contribution in [0.5, 0.6) is 11.5 Å². The molecule has 4 atom stereocenters. The van der Waals surface area contributed by atoms with Crippen LogP contribution in [0.2, 0.25) is 0 Å². The van der Waals surface area contributed by atoms with Crippen molar-refractivity contribution in [3.05, 3.63) is 34.9 Å². The summed E-state index contributed by atoms with van der Waals surface area (Å²) >= 11 is 0. The Bertz CT molecular complexity index is 973. The number of benzene rings is 1. The number of carbonyl (C=O) groups excluding carboxylic acids is 2. The monoisotopic (exact) mass is 488 g/mol. The second-order valence-corrected chi connectivity index (χ2v) is 9.69. The van der Waals surface area contributed by atoms with Gasteiger partial charge in [-0.05, 0) is 42.5 Å². The number of hydrogen-bond donors (Lipinski definition) is 4. The second-order valence-electron chi connectivity index (χ2n) is 9.69. The fourth-order valence-corrected chi connectivity index (χ4v) is 5.73. The van der Waals surface area contributed by atoms with Gasteiger partial charge in [0.05, 0.1) is 32.3 Å². The number of ether oxygens (including phenoxy) is 2. The minimum atomic E-state index is -1.07. The van der Waals surface area contributed by atoms with E-state index >= 15 is 0 Å². The van der Waals surface area contributed by atoms with Crippen molar-refractivity contribution in [3.63, 3.8) is 0 Å². The zero-order valence-electron chi connectivity index (χ0n) is 20.4. The molecule has 0 bridgehead atoms. The average molecular weight is 489 g/mol. The largest absolute Gasteiger partial charge is 0.493 e. The van der Waals surface area contributed by atoms with Crippen molar-refractivity contribution in [1.82, 2.24) is 10.2 Å². The van der Waals surface area contributed by atoms with E-state index in [0.29, 0.717) is 40.7 Å². The fourth-order valence-electron chi connectivity index (χ4n) is 5.73. The molecule has 2 amide bonds. The maximum Gasteiger partial charge on any atom is 0.247 e. The second kappa shape index (κ2) is 11.0. The molecule has 3 aliphatic rings. The molecule has 9 nitrogen and oxygen atoms in total. The van der Waals surface area contributed by atoms with Crippen LogP contribution in [0.25, 0.3) is 0 Å². The van der Waals surface area contributed by atoms with Crippen molar-refractivity contribution >= 4 is 11.8 Å². The molecular weight excluding hydrogens is 452 g/mol. The SMILES string of the molecule is COc1cc(CO)cc2c1O[C@@H]1[C@@H](O)[C@H](N(CC3CCCCC3)C(C)=O)C=C(C(=O)NCCO)[C@H]21. The van der Waals surface area contributed by atoms with E-state index in [9.17, 15) is 24.9 Å². The summed E-state index contributed by atoms with van der Waals surface area (Å²) in [6, 6.07) is 2.69. The Kier molecular flexibility index (Phi) is 7.98. The van der Waals surface area contributed by atoms with Gasteiger partial charge in [0.1, 0.15) is 12.2 Å². The number of carbonyl (C=O) groups is 2. The Morgan fingerprint density at radius 3 is 2.57 bits per heavy atom. The highest BCUT2D eigenvalue weighted by molar-refractivity contribution is 5.96. The van der Waals surface area contributed by atoms with Crippen molar-refractivity contribution in [2.24, 2.45) is 5.92 Å². The molecule has 1 heterocycles. The summed E-state index contributed by atoms with van der Waals surface area (Å²) in [5.74, 6) is 0.00904. The molecule has 0 aromatic heterocycles. The smallest absolute Gasteiger partial charge is 0.247 e. The van der Waals surface area contributed by atoms with Gasteiger partial charge >= 0.3 is 0 Å². The predicted octanol–water partition coefficient (Wildman–Crippen LogP) is 1.24. The number of amides is 2. The van der Waals surface area contributed by atoms with Gasteiger partial charge < -0.3 is 35.0 Å². The molecule has 2 aliphatic carbocycles. The third-order valence-corrected chi connectivity index (χ3v) is 7.44. The standard InChI is InChI=1S/C26H36N2O7/c1-15(31)28(13-16-6-4-3-5-7-16)20-12-19(26(33)27-8-9-29)22-18-10-17(14-30)11-21(34-2)24(18)35-25(22)23(20)32/h10-12,16,20,22-23,25,29-30,32H,3-9,13-14H2,1-2H3,(H,27,33)/t20-,22+,23+,25+/m1/s1. The zero-order chi connectivity index (χ0) is 25.1. The lowest BCUT2D eigenvalue weighted by molar-refractivity contribution is -0.136. The Hall–Kier alpha value is -2.62. The maximum absolute atomic E-state index is 13.2. The van der Waals surface area contributed by atoms with E-state index in [1.165, 1.54) is 20.5 Å². The lowest BCUT2D eigenvalue weighted by Gasteiger charge is -2.42. The van der Waals surface area contributed by atoms with Crippen molar-refractivity contribution in [3.8, 4) is 11.5 Å². The van der Waals surface area contributed by atoms with Gasteiger partial charge in [0.25, 0.3) is 0 Å². The molecule has 1 aliphatic heterocycles. The highest BCUT2D eigenvalue weighted by Gasteiger charge is 2.51. The molecular formula is C26H36N2O7. The van der Waals surface area contributed by atoms with Crippen LogP contribution < -0.4 is 14.8 Å². The van der Waals surface area contributed by atoms with Gasteiger partial charge in [-0.1, -0.05) is 19.3 Å². The molecule has 0 unspecified atom stereocenters. The summed E-state index contributed by atoms with van der Waals surface area (Å²) in [6.45, 7) is 1.65. The van der Waals surface area contributed by atoms with Gasteiger partial charge in [-0.2, -0.15) is 0 Å². The first-order chi connectivity index (χ1) is 16.9. The van der Waals surface area contributed by atoms with Crippen molar-refractivity contribution in [2.45, 2.75) is 69.8 Å². The number of fused-ring (bicyclic) bond motifs is 3. The summed E-state index contributed by atoms with van der Waals surface area (Å²) in [5, 5.41) is 33.2. The molecule has 9 heteroatoms. The van der Waals surface area contributed by atoms with E-state index in [1.54, 1.807) is 23.1 Å². The maximum atomic E-state index is 13.2. The Morgan fingerprint density at radius 2 is 1.94 bits per heavy atom. The molecule has 1 fully saturated rings. The molecule has 1 saturated carbocycles. The van der Waals surface area contributed by atoms with Crippen LogP contribution in [0.3, 0.4) is 0 Å². The van der Waals surface area contributed by atoms with Crippen LogP contribution in [0.1, 0.15) is 56.1 Å². The van der Waals surface area contributed by atoms with Crippen LogP contribution in [0, 0.1) is 5.92 Å². The fraction of sp³-hybridized carbons (Fsp3) is 0.615. The highest BCUT2D eigenvalue weighted by Crippen LogP contribution is 2.51. The van der Waals surface area contributed by atoms with E-state index in [0.717, 1.165) is 25.7 Å². The summed E-state index contributed by atoms with van der Waals surface area (Å²) in [6.07, 6.45) is 5.33. The first-order valence-electron chi connectivity index (χ1n) is 12.4. The lowest BCUT2D eigenvalue weighted by atomic mass is 9.77. The molecule has 1 aromatic carbocycles. The van der Waals surface area contributed by atoms with E-state index in [4.69, 9.17) is 9.47 Å². The van der Waals surface area contributed by atoms with Crippen molar-refractivity contribution in [2.75, 3.05) is 26.8 Å². The number of aliphatic hydroxyl groups is 3. The minimum Gasteiger partial charge on any atom is -0.493 e. The van der Waals surface area contributed by atoms with Gasteiger partial charge in [0.15, 0.2) is 11.5 Å². The summed E-state index contributed by atoms with van der Waals surface area (Å²) in [7, 11) is 1.49. The summed E-state index contributed by atoms with van der Waals surface area (Å²) < 4.78 is 11.7. The summed E-state index contributed by atoms with van der Waals surface area (Å²) in [5.41, 5.74) is 1.60. The van der Waals surface area contributed by atoms with Gasteiger partial charge in [-0.15, -0.1) is 0 Å². The number of rotatable bonds is 8. The van der Waals surface area contributed by atoms with Gasteiger partial charge in [0, 0.05) is 31.1 Å². The third kappa shape index (κ3) is 5.03. The van der Waals surface area contributed by atoms with Crippen LogP contribution in [-0.4, -0.2) is 77.1 Å². The molecule has 192 valence electrons. The van der Waals surface area contributed by atoms with Crippen LogP contribution in [0.15, 0.2) is 23.8 Å². The van der Waals surface area contributed by atoms with Crippen LogP contribution in [0.4, 0.5) is 0 Å². The number of nitrogens with zero attached hydrogens (tertiary/aromatic N) is 1. The molecule has 4 N–H and O–H groups in total.